The van der Waals surface area contributed by atoms with Crippen LogP contribution in [0.15, 0.2) is 29.2 Å². The van der Waals surface area contributed by atoms with Crippen molar-refractivity contribution in [2.75, 3.05) is 39.7 Å². The van der Waals surface area contributed by atoms with E-state index in [0.717, 1.165) is 5.56 Å². The summed E-state index contributed by atoms with van der Waals surface area (Å²) in [5.74, 6) is -0.107. The highest BCUT2D eigenvalue weighted by Gasteiger charge is 2.24. The molecule has 0 unspecified atom stereocenters. The van der Waals surface area contributed by atoms with E-state index in [4.69, 9.17) is 15.2 Å². The van der Waals surface area contributed by atoms with Gasteiger partial charge in [-0.3, -0.25) is 14.0 Å². The van der Waals surface area contributed by atoms with Gasteiger partial charge in [-0.15, -0.1) is 0 Å². The Balaban J connectivity index is 2.19. The first kappa shape index (κ1) is 20.7. The number of methoxy groups -OCH3 is 2. The first-order chi connectivity index (χ1) is 14.0. The number of rotatable bonds is 8. The van der Waals surface area contributed by atoms with Gasteiger partial charge in [0.05, 0.1) is 13.2 Å². The highest BCUT2D eigenvalue weighted by atomic mass is 16.5. The topological polar surface area (TPSA) is 112 Å². The molecule has 3 N–H and O–H groups in total. The number of ether oxygens (including phenoxy) is 2. The van der Waals surface area contributed by atoms with Gasteiger partial charge in [0.25, 0.3) is 17.1 Å². The minimum atomic E-state index is -0.347. The minimum absolute atomic E-state index is 0.234. The Morgan fingerprint density at radius 3 is 2.79 bits per heavy atom. The maximum atomic E-state index is 13.1. The third-order valence-electron chi connectivity index (χ3n) is 4.75. The number of nitrogen functional groups attached to an aromatic ring is 1. The van der Waals surface area contributed by atoms with Crippen molar-refractivity contribution in [2.24, 2.45) is 0 Å². The average Bonchev–Trinajstić information content (AvgIpc) is 2.71. The van der Waals surface area contributed by atoms with Crippen LogP contribution >= 0.6 is 0 Å². The van der Waals surface area contributed by atoms with Gasteiger partial charge in [0, 0.05) is 39.1 Å². The second-order valence-corrected chi connectivity index (χ2v) is 6.73. The van der Waals surface area contributed by atoms with Gasteiger partial charge in [-0.05, 0) is 25.5 Å². The number of nitrogens with one attached hydrogen (secondary N) is 1. The fourth-order valence-electron chi connectivity index (χ4n) is 3.21. The van der Waals surface area contributed by atoms with Crippen LogP contribution in [0.2, 0.25) is 0 Å². The molecule has 9 heteroatoms. The molecule has 0 spiro atoms. The van der Waals surface area contributed by atoms with Crippen molar-refractivity contribution in [3.05, 3.63) is 45.9 Å². The zero-order valence-electron chi connectivity index (χ0n) is 16.9. The van der Waals surface area contributed by atoms with Crippen molar-refractivity contribution in [1.82, 2.24) is 14.7 Å². The highest BCUT2D eigenvalue weighted by molar-refractivity contribution is 6.00. The molecule has 0 aliphatic heterocycles. The van der Waals surface area contributed by atoms with Gasteiger partial charge in [-0.1, -0.05) is 11.1 Å². The van der Waals surface area contributed by atoms with Gasteiger partial charge in [0.2, 0.25) is 11.5 Å². The average molecular weight is 400 g/mol. The molecule has 3 aromatic rings. The normalized spacial score (nSPS) is 11.3. The zero-order chi connectivity index (χ0) is 21.0. The van der Waals surface area contributed by atoms with Crippen LogP contribution in [0.5, 0.6) is 0 Å². The minimum Gasteiger partial charge on any atom is -0.385 e. The molecule has 1 amide bonds. The van der Waals surface area contributed by atoms with Gasteiger partial charge in [-0.2, -0.15) is 0 Å². The lowest BCUT2D eigenvalue weighted by Gasteiger charge is -2.12. The quantitative estimate of drug-likeness (QED) is 0.322. The molecule has 0 atom stereocenters. The number of nitrogens with two attached hydrogens (primary N) is 1. The van der Waals surface area contributed by atoms with Crippen molar-refractivity contribution in [3.63, 3.8) is 0 Å². The van der Waals surface area contributed by atoms with Gasteiger partial charge in [0.15, 0.2) is 0 Å². The molecule has 3 aromatic heterocycles. The molecule has 3 rings (SSSR count). The Bertz CT molecular complexity index is 1110. The first-order valence-corrected chi connectivity index (χ1v) is 9.39. The van der Waals surface area contributed by atoms with E-state index in [9.17, 15) is 9.59 Å². The van der Waals surface area contributed by atoms with Crippen molar-refractivity contribution in [1.29, 1.82) is 0 Å². The standard InChI is InChI=1S/C20H25N5O4/c1-13-6-4-8-25-17(13)23-18-15(20(25)27)12-14(16(21)24(18)9-11-29-3)19(26)22-7-5-10-28-2/h4,6,8,12,21H,5,7,9-11H2,1-3H3,(H,22,26)/p+1. The summed E-state index contributed by atoms with van der Waals surface area (Å²) < 4.78 is 13.3. The van der Waals surface area contributed by atoms with Gasteiger partial charge in [-0.25, -0.2) is 4.57 Å². The van der Waals surface area contributed by atoms with Crippen molar-refractivity contribution < 1.29 is 18.8 Å². The number of nitrogens with zero attached hydrogens (tertiary/aromatic N) is 3. The number of hydrogen-bond donors (Lipinski definition) is 2. The lowest BCUT2D eigenvalue weighted by atomic mass is 10.1. The maximum absolute atomic E-state index is 13.1. The zero-order valence-corrected chi connectivity index (χ0v) is 16.9. The molecule has 0 saturated heterocycles. The lowest BCUT2D eigenvalue weighted by Crippen LogP contribution is -2.44. The summed E-state index contributed by atoms with van der Waals surface area (Å²) in [6.45, 7) is 3.59. The van der Waals surface area contributed by atoms with Crippen LogP contribution in [0, 0.1) is 6.92 Å². The largest absolute Gasteiger partial charge is 0.385 e. The lowest BCUT2D eigenvalue weighted by molar-refractivity contribution is -0.660. The Labute approximate surface area is 168 Å². The van der Waals surface area contributed by atoms with Crippen LogP contribution in [0.1, 0.15) is 22.3 Å². The molecule has 0 saturated carbocycles. The number of aromatic nitrogens is 3. The van der Waals surface area contributed by atoms with Gasteiger partial charge < -0.3 is 20.5 Å². The summed E-state index contributed by atoms with van der Waals surface area (Å²) in [5.41, 5.74) is 8.14. The van der Waals surface area contributed by atoms with Crippen LogP contribution in [-0.2, 0) is 16.0 Å². The number of anilines is 1. The number of pyridine rings is 2. The molecule has 0 radical (unpaired) electrons. The van der Waals surface area contributed by atoms with Crippen molar-refractivity contribution >= 4 is 28.4 Å². The van der Waals surface area contributed by atoms with E-state index in [1.54, 1.807) is 31.0 Å². The van der Waals surface area contributed by atoms with Crippen molar-refractivity contribution in [2.45, 2.75) is 19.9 Å². The van der Waals surface area contributed by atoms with E-state index in [1.807, 2.05) is 13.0 Å². The van der Waals surface area contributed by atoms with Gasteiger partial charge in [0.1, 0.15) is 10.9 Å². The number of carbonyl (C=O) groups is 1. The number of aryl methyl sites for hydroxylation is 1. The summed E-state index contributed by atoms with van der Waals surface area (Å²) in [5, 5.41) is 3.14. The summed E-state index contributed by atoms with van der Waals surface area (Å²) in [6, 6.07) is 5.19. The molecule has 0 fully saturated rings. The van der Waals surface area contributed by atoms with Crippen molar-refractivity contribution in [3.8, 4) is 0 Å². The molecule has 0 aromatic carbocycles. The Hall–Kier alpha value is -3.04. The second kappa shape index (κ2) is 8.97. The predicted molar refractivity (Wildman–Crippen MR) is 109 cm³/mol. The van der Waals surface area contributed by atoms with Gasteiger partial charge >= 0.3 is 0 Å². The Kier molecular flexibility index (Phi) is 6.40. The maximum Gasteiger partial charge on any atom is 0.278 e. The molecule has 9 nitrogen and oxygen atoms in total. The fraction of sp³-hybridized carbons (Fsp3) is 0.400. The molecule has 154 valence electrons. The van der Waals surface area contributed by atoms with Crippen LogP contribution in [0.3, 0.4) is 0 Å². The number of amides is 1. The summed E-state index contributed by atoms with van der Waals surface area (Å²) in [6.07, 6.45) is 2.34. The summed E-state index contributed by atoms with van der Waals surface area (Å²) in [7, 11) is 3.18. The third-order valence-corrected chi connectivity index (χ3v) is 4.75. The van der Waals surface area contributed by atoms with E-state index < -0.39 is 0 Å². The number of carbonyl (C=O) groups excluding carboxylic acids is 1. The molecular weight excluding hydrogens is 374 g/mol. The number of fused-ring (bicyclic) bond motifs is 2. The van der Waals surface area contributed by atoms with E-state index >= 15 is 0 Å². The van der Waals surface area contributed by atoms with E-state index in [1.165, 1.54) is 10.5 Å². The summed E-state index contributed by atoms with van der Waals surface area (Å²) in [4.78, 5) is 30.5. The molecule has 0 bridgehead atoms. The SMILES string of the molecule is COCCCNC(=O)c1cc2c(=O)n3cccc(C)c3nc2[n+](CCOC)c1N. The molecule has 0 aliphatic rings. The monoisotopic (exact) mass is 400 g/mol. The van der Waals surface area contributed by atoms with Crippen LogP contribution in [0.4, 0.5) is 5.82 Å². The first-order valence-electron chi connectivity index (χ1n) is 9.39. The molecular formula is C20H26N5O4+. The van der Waals surface area contributed by atoms with Crippen LogP contribution < -0.4 is 21.2 Å². The number of hydrogen-bond acceptors (Lipinski definition) is 6. The molecule has 0 aliphatic carbocycles. The second-order valence-electron chi connectivity index (χ2n) is 6.73. The predicted octanol–water partition coefficient (Wildman–Crippen LogP) is 0.439. The fourth-order valence-corrected chi connectivity index (χ4v) is 3.21. The third kappa shape index (κ3) is 4.06. The summed E-state index contributed by atoms with van der Waals surface area (Å²) >= 11 is 0. The van der Waals surface area contributed by atoms with Crippen LogP contribution in [0.25, 0.3) is 16.7 Å². The van der Waals surface area contributed by atoms with E-state index in [-0.39, 0.29) is 22.8 Å². The highest BCUT2D eigenvalue weighted by Crippen LogP contribution is 2.15. The molecule has 3 heterocycles. The smallest absolute Gasteiger partial charge is 0.278 e. The molecule has 29 heavy (non-hydrogen) atoms. The Morgan fingerprint density at radius 1 is 1.31 bits per heavy atom. The van der Waals surface area contributed by atoms with E-state index in [0.29, 0.717) is 49.4 Å². The van der Waals surface area contributed by atoms with E-state index in [2.05, 4.69) is 10.3 Å². The Morgan fingerprint density at radius 2 is 2.07 bits per heavy atom. The van der Waals surface area contributed by atoms with Crippen LogP contribution in [-0.4, -0.2) is 49.3 Å².